The molecule has 2 heterocycles. The average Bonchev–Trinajstić information content (AvgIpc) is 2.49. The van der Waals surface area contributed by atoms with Crippen molar-refractivity contribution in [2.75, 3.05) is 38.7 Å². The van der Waals surface area contributed by atoms with Crippen molar-refractivity contribution in [1.29, 1.82) is 0 Å². The lowest BCUT2D eigenvalue weighted by atomic mass is 10.0. The minimum atomic E-state index is -3.51. The summed E-state index contributed by atoms with van der Waals surface area (Å²) in [5, 5.41) is 3.09. The van der Waals surface area contributed by atoms with Gasteiger partial charge in [0.2, 0.25) is 10.0 Å². The van der Waals surface area contributed by atoms with E-state index in [1.165, 1.54) is 6.20 Å². The molecule has 1 N–H and O–H groups in total. The van der Waals surface area contributed by atoms with E-state index in [9.17, 15) is 8.42 Å². The number of aromatic nitrogens is 1. The van der Waals surface area contributed by atoms with Crippen LogP contribution < -0.4 is 5.32 Å². The average molecular weight is 313 g/mol. The van der Waals surface area contributed by atoms with Crippen LogP contribution in [-0.4, -0.2) is 51.1 Å². The fourth-order valence-electron chi connectivity index (χ4n) is 2.68. The summed E-state index contributed by atoms with van der Waals surface area (Å²) in [6.45, 7) is 4.27. The highest BCUT2D eigenvalue weighted by molar-refractivity contribution is 7.89. The summed E-state index contributed by atoms with van der Waals surface area (Å²) < 4.78 is 32.4. The minimum Gasteiger partial charge on any atom is -0.384 e. The van der Waals surface area contributed by atoms with Crippen LogP contribution in [0, 0.1) is 5.92 Å². The molecule has 0 amide bonds. The molecule has 21 heavy (non-hydrogen) atoms. The van der Waals surface area contributed by atoms with E-state index in [2.05, 4.69) is 10.3 Å². The van der Waals surface area contributed by atoms with Crippen LogP contribution in [0.1, 0.15) is 19.8 Å². The number of nitrogens with one attached hydrogen (secondary N) is 1. The Hall–Kier alpha value is -1.18. The molecule has 0 bridgehead atoms. The van der Waals surface area contributed by atoms with Gasteiger partial charge in [0, 0.05) is 39.1 Å². The number of nitrogens with zero attached hydrogens (tertiary/aromatic N) is 2. The van der Waals surface area contributed by atoms with Crippen molar-refractivity contribution in [1.82, 2.24) is 9.29 Å². The Morgan fingerprint density at radius 1 is 1.52 bits per heavy atom. The lowest BCUT2D eigenvalue weighted by Crippen LogP contribution is -2.41. The van der Waals surface area contributed by atoms with Crippen LogP contribution in [0.15, 0.2) is 23.4 Å². The minimum absolute atomic E-state index is 0.255. The molecule has 1 aromatic rings. The van der Waals surface area contributed by atoms with Crippen molar-refractivity contribution in [3.63, 3.8) is 0 Å². The van der Waals surface area contributed by atoms with Gasteiger partial charge < -0.3 is 10.1 Å². The SMILES string of the molecule is CCNc1ccncc1S(=O)(=O)N1CCCC(COC)C1. The highest BCUT2D eigenvalue weighted by Crippen LogP contribution is 2.27. The van der Waals surface area contributed by atoms with Gasteiger partial charge in [-0.2, -0.15) is 4.31 Å². The molecule has 1 atom stereocenters. The first-order valence-electron chi connectivity index (χ1n) is 7.26. The molecular formula is C14H23N3O3S. The van der Waals surface area contributed by atoms with Crippen LogP contribution in [0.5, 0.6) is 0 Å². The zero-order valence-corrected chi connectivity index (χ0v) is 13.4. The van der Waals surface area contributed by atoms with Crippen molar-refractivity contribution >= 4 is 15.7 Å². The summed E-state index contributed by atoms with van der Waals surface area (Å²) in [7, 11) is -1.86. The second-order valence-electron chi connectivity index (χ2n) is 5.23. The molecule has 1 fully saturated rings. The quantitative estimate of drug-likeness (QED) is 0.863. The second-order valence-corrected chi connectivity index (χ2v) is 7.14. The highest BCUT2D eigenvalue weighted by Gasteiger charge is 2.31. The number of anilines is 1. The van der Waals surface area contributed by atoms with E-state index in [4.69, 9.17) is 4.74 Å². The first-order chi connectivity index (χ1) is 10.1. The summed E-state index contributed by atoms with van der Waals surface area (Å²) in [5.41, 5.74) is 0.612. The van der Waals surface area contributed by atoms with E-state index in [-0.39, 0.29) is 10.8 Å². The van der Waals surface area contributed by atoms with Gasteiger partial charge in [0.1, 0.15) is 4.90 Å². The fraction of sp³-hybridized carbons (Fsp3) is 0.643. The summed E-state index contributed by atoms with van der Waals surface area (Å²) in [4.78, 5) is 4.23. The molecule has 0 aliphatic carbocycles. The van der Waals surface area contributed by atoms with Gasteiger partial charge >= 0.3 is 0 Å². The van der Waals surface area contributed by atoms with E-state index in [1.807, 2.05) is 6.92 Å². The normalized spacial score (nSPS) is 20.4. The van der Waals surface area contributed by atoms with E-state index >= 15 is 0 Å². The molecule has 0 radical (unpaired) electrons. The Morgan fingerprint density at radius 2 is 2.33 bits per heavy atom. The third kappa shape index (κ3) is 3.72. The molecule has 1 aliphatic rings. The van der Waals surface area contributed by atoms with E-state index < -0.39 is 10.0 Å². The largest absolute Gasteiger partial charge is 0.384 e. The first kappa shape index (κ1) is 16.2. The number of ether oxygens (including phenoxy) is 1. The van der Waals surface area contributed by atoms with Gasteiger partial charge in [0.15, 0.2) is 0 Å². The number of sulfonamides is 1. The lowest BCUT2D eigenvalue weighted by Gasteiger charge is -2.31. The number of methoxy groups -OCH3 is 1. The van der Waals surface area contributed by atoms with E-state index in [1.54, 1.807) is 23.7 Å². The molecule has 0 spiro atoms. The highest BCUT2D eigenvalue weighted by atomic mass is 32.2. The van der Waals surface area contributed by atoms with Gasteiger partial charge in [-0.1, -0.05) is 0 Å². The first-order valence-corrected chi connectivity index (χ1v) is 8.70. The Labute approximate surface area is 126 Å². The van der Waals surface area contributed by atoms with Crippen molar-refractivity contribution in [2.24, 2.45) is 5.92 Å². The fourth-order valence-corrected chi connectivity index (χ4v) is 4.34. The zero-order chi connectivity index (χ0) is 15.3. The maximum atomic E-state index is 12.8. The van der Waals surface area contributed by atoms with Crippen LogP contribution in [-0.2, 0) is 14.8 Å². The van der Waals surface area contributed by atoms with Crippen molar-refractivity contribution in [3.05, 3.63) is 18.5 Å². The maximum Gasteiger partial charge on any atom is 0.246 e. The third-order valence-electron chi connectivity index (χ3n) is 3.65. The standard InChI is InChI=1S/C14H23N3O3S/c1-3-16-13-6-7-15-9-14(13)21(18,19)17-8-4-5-12(10-17)11-20-2/h6-7,9,12H,3-5,8,10-11H2,1-2H3,(H,15,16). The molecule has 2 rings (SSSR count). The van der Waals surface area contributed by atoms with Crippen LogP contribution in [0.25, 0.3) is 0 Å². The van der Waals surface area contributed by atoms with E-state index in [0.29, 0.717) is 31.9 Å². The van der Waals surface area contributed by atoms with Crippen molar-refractivity contribution in [3.8, 4) is 0 Å². The molecular weight excluding hydrogens is 290 g/mol. The van der Waals surface area contributed by atoms with E-state index in [0.717, 1.165) is 12.8 Å². The summed E-state index contributed by atoms with van der Waals surface area (Å²) >= 11 is 0. The molecule has 118 valence electrons. The van der Waals surface area contributed by atoms with Crippen LogP contribution >= 0.6 is 0 Å². The number of rotatable bonds is 6. The van der Waals surface area contributed by atoms with Gasteiger partial charge in [-0.05, 0) is 31.7 Å². The van der Waals surface area contributed by atoms with Crippen LogP contribution in [0.3, 0.4) is 0 Å². The molecule has 1 unspecified atom stereocenters. The van der Waals surface area contributed by atoms with Crippen molar-refractivity contribution < 1.29 is 13.2 Å². The Morgan fingerprint density at radius 3 is 3.05 bits per heavy atom. The Bertz CT molecular complexity index is 560. The smallest absolute Gasteiger partial charge is 0.246 e. The molecule has 6 nitrogen and oxygen atoms in total. The molecule has 1 aromatic heterocycles. The lowest BCUT2D eigenvalue weighted by molar-refractivity contribution is 0.118. The summed E-state index contributed by atoms with van der Waals surface area (Å²) in [6, 6.07) is 1.70. The summed E-state index contributed by atoms with van der Waals surface area (Å²) in [6.07, 6.45) is 4.89. The van der Waals surface area contributed by atoms with Gasteiger partial charge in [0.05, 0.1) is 12.3 Å². The third-order valence-corrected chi connectivity index (χ3v) is 5.55. The Balaban J connectivity index is 2.25. The molecule has 7 heteroatoms. The number of piperidine rings is 1. The van der Waals surface area contributed by atoms with Crippen LogP contribution in [0.4, 0.5) is 5.69 Å². The molecule has 1 saturated heterocycles. The molecule has 1 aliphatic heterocycles. The van der Waals surface area contributed by atoms with Gasteiger partial charge in [-0.3, -0.25) is 4.98 Å². The predicted molar refractivity (Wildman–Crippen MR) is 81.8 cm³/mol. The van der Waals surface area contributed by atoms with Gasteiger partial charge in [-0.15, -0.1) is 0 Å². The molecule has 0 saturated carbocycles. The number of hydrogen-bond acceptors (Lipinski definition) is 5. The zero-order valence-electron chi connectivity index (χ0n) is 12.6. The predicted octanol–water partition coefficient (Wildman–Crippen LogP) is 1.56. The van der Waals surface area contributed by atoms with Gasteiger partial charge in [0.25, 0.3) is 0 Å². The van der Waals surface area contributed by atoms with Gasteiger partial charge in [-0.25, -0.2) is 8.42 Å². The molecule has 0 aromatic carbocycles. The number of pyridine rings is 1. The topological polar surface area (TPSA) is 71.5 Å². The van der Waals surface area contributed by atoms with Crippen LogP contribution in [0.2, 0.25) is 0 Å². The Kier molecular flexibility index (Phi) is 5.55. The summed E-state index contributed by atoms with van der Waals surface area (Å²) in [5.74, 6) is 0.262. The second kappa shape index (κ2) is 7.20. The maximum absolute atomic E-state index is 12.8. The number of hydrogen-bond donors (Lipinski definition) is 1. The van der Waals surface area contributed by atoms with Crippen molar-refractivity contribution in [2.45, 2.75) is 24.7 Å². The monoisotopic (exact) mass is 313 g/mol.